The van der Waals surface area contributed by atoms with Crippen molar-refractivity contribution in [2.45, 2.75) is 0 Å². The van der Waals surface area contributed by atoms with E-state index in [2.05, 4.69) is 61.2 Å². The number of rotatable bonds is 3. The number of hydrogen-bond acceptors (Lipinski definition) is 1. The van der Waals surface area contributed by atoms with E-state index in [1.165, 1.54) is 11.4 Å². The summed E-state index contributed by atoms with van der Waals surface area (Å²) < 4.78 is 4.15. The second-order valence-electron chi connectivity index (χ2n) is 4.06. The number of allylic oxidation sites excluding steroid dienone is 1. The molecular weight excluding hydrogens is 186 g/mol. The van der Waals surface area contributed by atoms with Crippen LogP contribution in [0.5, 0.6) is 0 Å². The molecule has 0 radical (unpaired) electrons. The molecule has 0 atom stereocenters. The van der Waals surface area contributed by atoms with Gasteiger partial charge in [-0.05, 0) is 12.1 Å². The maximum atomic E-state index is 2.12. The van der Waals surface area contributed by atoms with Gasteiger partial charge in [-0.3, -0.25) is 0 Å². The Hall–Kier alpha value is -1.51. The predicted molar refractivity (Wildman–Crippen MR) is 65.2 cm³/mol. The van der Waals surface area contributed by atoms with Crippen LogP contribution in [0.15, 0.2) is 24.4 Å². The third-order valence-corrected chi connectivity index (χ3v) is 2.22. The van der Waals surface area contributed by atoms with Crippen LogP contribution in [0.4, 0.5) is 0 Å². The van der Waals surface area contributed by atoms with Crippen LogP contribution in [0.25, 0.3) is 5.70 Å². The number of hydrogen-bond donors (Lipinski definition) is 0. The standard InChI is InChI=1S/C12H20N3/c1-13(2)10-8-11(14(3)4)12-7-6-9-15(12)5/h6-10H,1-5H3/q+1. The highest BCUT2D eigenvalue weighted by molar-refractivity contribution is 5.80. The van der Waals surface area contributed by atoms with E-state index in [9.17, 15) is 0 Å². The van der Waals surface area contributed by atoms with Crippen LogP contribution in [-0.2, 0) is 7.05 Å². The minimum absolute atomic E-state index is 1.20. The lowest BCUT2D eigenvalue weighted by Gasteiger charge is -2.17. The van der Waals surface area contributed by atoms with Crippen molar-refractivity contribution in [2.24, 2.45) is 7.05 Å². The number of aryl methyl sites for hydroxylation is 1. The van der Waals surface area contributed by atoms with E-state index in [0.717, 1.165) is 0 Å². The molecule has 0 spiro atoms. The molecule has 0 saturated heterocycles. The van der Waals surface area contributed by atoms with Crippen LogP contribution in [0, 0.1) is 0 Å². The van der Waals surface area contributed by atoms with Gasteiger partial charge in [-0.15, -0.1) is 0 Å². The third-order valence-electron chi connectivity index (χ3n) is 2.22. The first kappa shape index (κ1) is 11.6. The van der Waals surface area contributed by atoms with E-state index in [4.69, 9.17) is 0 Å². The van der Waals surface area contributed by atoms with Gasteiger partial charge in [-0.25, -0.2) is 4.58 Å². The van der Waals surface area contributed by atoms with Crippen LogP contribution in [0.3, 0.4) is 0 Å². The van der Waals surface area contributed by atoms with Crippen LogP contribution in [0.2, 0.25) is 0 Å². The van der Waals surface area contributed by atoms with E-state index in [1.807, 2.05) is 18.7 Å². The fraction of sp³-hybridized carbons (Fsp3) is 0.417. The minimum atomic E-state index is 1.20. The Morgan fingerprint density at radius 2 is 2.07 bits per heavy atom. The molecule has 0 aliphatic heterocycles. The Balaban J connectivity index is 3.10. The average molecular weight is 206 g/mol. The van der Waals surface area contributed by atoms with E-state index >= 15 is 0 Å². The van der Waals surface area contributed by atoms with Gasteiger partial charge in [0.1, 0.15) is 14.1 Å². The Kier molecular flexibility index (Phi) is 3.72. The maximum Gasteiger partial charge on any atom is 0.165 e. The van der Waals surface area contributed by atoms with Gasteiger partial charge >= 0.3 is 0 Å². The van der Waals surface area contributed by atoms with Crippen molar-refractivity contribution < 1.29 is 4.58 Å². The van der Waals surface area contributed by atoms with Gasteiger partial charge in [0.25, 0.3) is 0 Å². The average Bonchev–Trinajstić information content (AvgIpc) is 2.51. The van der Waals surface area contributed by atoms with Crippen LogP contribution in [-0.4, -0.2) is 48.4 Å². The van der Waals surface area contributed by atoms with Crippen LogP contribution < -0.4 is 0 Å². The lowest BCUT2D eigenvalue weighted by molar-refractivity contribution is -0.458. The molecule has 0 saturated carbocycles. The van der Waals surface area contributed by atoms with Crippen molar-refractivity contribution in [2.75, 3.05) is 28.2 Å². The summed E-state index contributed by atoms with van der Waals surface area (Å²) in [6.45, 7) is 0. The molecule has 1 aromatic rings. The molecule has 1 heterocycles. The molecule has 3 nitrogen and oxygen atoms in total. The molecule has 15 heavy (non-hydrogen) atoms. The van der Waals surface area contributed by atoms with E-state index in [0.29, 0.717) is 0 Å². The molecule has 3 heteroatoms. The first-order valence-electron chi connectivity index (χ1n) is 5.03. The minimum Gasteiger partial charge on any atom is -0.376 e. The maximum absolute atomic E-state index is 2.12. The SMILES string of the molecule is CN(C)/C(=C/C=[N+](C)C)c1cccn1C. The van der Waals surface area contributed by atoms with Crippen molar-refractivity contribution >= 4 is 11.9 Å². The zero-order valence-corrected chi connectivity index (χ0v) is 10.2. The summed E-state index contributed by atoms with van der Waals surface area (Å²) in [4.78, 5) is 2.12. The first-order chi connectivity index (χ1) is 7.02. The van der Waals surface area contributed by atoms with Gasteiger partial charge in [0, 0.05) is 33.4 Å². The second kappa shape index (κ2) is 4.82. The molecular formula is C12H20N3+. The summed E-state index contributed by atoms with van der Waals surface area (Å²) in [5.74, 6) is 0. The Labute approximate surface area is 91.9 Å². The predicted octanol–water partition coefficient (Wildman–Crippen LogP) is 1.27. The molecule has 0 unspecified atom stereocenters. The van der Waals surface area contributed by atoms with Gasteiger partial charge in [-0.2, -0.15) is 0 Å². The normalized spacial score (nSPS) is 11.4. The Morgan fingerprint density at radius 3 is 2.47 bits per heavy atom. The Morgan fingerprint density at radius 1 is 1.40 bits per heavy atom. The summed E-state index contributed by atoms with van der Waals surface area (Å²) >= 11 is 0. The van der Waals surface area contributed by atoms with Crippen molar-refractivity contribution in [3.05, 3.63) is 30.1 Å². The summed E-state index contributed by atoms with van der Waals surface area (Å²) in [6.07, 6.45) is 6.24. The molecule has 0 N–H and O–H groups in total. The van der Waals surface area contributed by atoms with Crippen molar-refractivity contribution in [3.8, 4) is 0 Å². The van der Waals surface area contributed by atoms with Crippen molar-refractivity contribution in [1.29, 1.82) is 0 Å². The molecule has 0 aliphatic rings. The van der Waals surface area contributed by atoms with Gasteiger partial charge in [-0.1, -0.05) is 0 Å². The summed E-state index contributed by atoms with van der Waals surface area (Å²) in [6, 6.07) is 4.18. The fourth-order valence-corrected chi connectivity index (χ4v) is 1.41. The zero-order valence-electron chi connectivity index (χ0n) is 10.2. The number of nitrogens with zero attached hydrogens (tertiary/aromatic N) is 3. The zero-order chi connectivity index (χ0) is 11.4. The molecule has 1 rings (SSSR count). The fourth-order valence-electron chi connectivity index (χ4n) is 1.41. The Bertz CT molecular complexity index is 379. The molecule has 0 bridgehead atoms. The van der Waals surface area contributed by atoms with E-state index in [-0.39, 0.29) is 0 Å². The van der Waals surface area contributed by atoms with Crippen molar-refractivity contribution in [1.82, 2.24) is 9.47 Å². The number of aromatic nitrogens is 1. The van der Waals surface area contributed by atoms with Gasteiger partial charge < -0.3 is 9.47 Å². The molecule has 0 aromatic carbocycles. The summed E-state index contributed by atoms with van der Waals surface area (Å²) in [5, 5.41) is 0. The highest BCUT2D eigenvalue weighted by Crippen LogP contribution is 2.15. The molecule has 1 aromatic heterocycles. The van der Waals surface area contributed by atoms with Gasteiger partial charge in [0.2, 0.25) is 0 Å². The van der Waals surface area contributed by atoms with E-state index in [1.54, 1.807) is 0 Å². The lowest BCUT2D eigenvalue weighted by Crippen LogP contribution is -2.13. The summed E-state index contributed by atoms with van der Waals surface area (Å²) in [5.41, 5.74) is 2.43. The molecule has 82 valence electrons. The van der Waals surface area contributed by atoms with Crippen molar-refractivity contribution in [3.63, 3.8) is 0 Å². The van der Waals surface area contributed by atoms with Gasteiger partial charge in [0.05, 0.1) is 11.4 Å². The first-order valence-corrected chi connectivity index (χ1v) is 5.03. The molecule has 0 amide bonds. The molecule has 0 fully saturated rings. The second-order valence-corrected chi connectivity index (χ2v) is 4.06. The lowest BCUT2D eigenvalue weighted by atomic mass is 10.3. The quantitative estimate of drug-likeness (QED) is 0.535. The smallest absolute Gasteiger partial charge is 0.165 e. The van der Waals surface area contributed by atoms with Crippen LogP contribution in [0.1, 0.15) is 5.69 Å². The third kappa shape index (κ3) is 2.98. The highest BCUT2D eigenvalue weighted by Gasteiger charge is 2.06. The monoisotopic (exact) mass is 206 g/mol. The highest BCUT2D eigenvalue weighted by atomic mass is 15.1. The van der Waals surface area contributed by atoms with Gasteiger partial charge in [0.15, 0.2) is 6.21 Å². The molecule has 0 aliphatic carbocycles. The van der Waals surface area contributed by atoms with Crippen LogP contribution >= 0.6 is 0 Å². The largest absolute Gasteiger partial charge is 0.376 e. The van der Waals surface area contributed by atoms with E-state index < -0.39 is 0 Å². The topological polar surface area (TPSA) is 11.2 Å². The summed E-state index contributed by atoms with van der Waals surface area (Å²) in [7, 11) is 10.2.